The van der Waals surface area contributed by atoms with E-state index in [4.69, 9.17) is 21.1 Å². The predicted octanol–water partition coefficient (Wildman–Crippen LogP) is 4.78. The van der Waals surface area contributed by atoms with Gasteiger partial charge in [0.25, 0.3) is 0 Å². The van der Waals surface area contributed by atoms with Gasteiger partial charge in [0.15, 0.2) is 0 Å². The Morgan fingerprint density at radius 1 is 1.11 bits per heavy atom. The lowest BCUT2D eigenvalue weighted by Gasteiger charge is -2.11. The monoisotopic (exact) mass is 340 g/mol. The number of methoxy groups -OCH3 is 1. The van der Waals surface area contributed by atoms with Crippen LogP contribution in [0, 0.1) is 0 Å². The summed E-state index contributed by atoms with van der Waals surface area (Å²) in [5.41, 5.74) is 2.07. The maximum absolute atomic E-state index is 5.79. The molecule has 0 heterocycles. The van der Waals surface area contributed by atoms with Gasteiger partial charge >= 0.3 is 0 Å². The minimum Gasteiger partial charge on any atom is -0.496 e. The van der Waals surface area contributed by atoms with Crippen LogP contribution in [0.1, 0.15) is 11.1 Å². The van der Waals surface area contributed by atoms with E-state index >= 15 is 0 Å². The number of hydrogen-bond donors (Lipinski definition) is 0. The second kappa shape index (κ2) is 6.83. The van der Waals surface area contributed by atoms with E-state index in [0.29, 0.717) is 12.5 Å². The first kappa shape index (κ1) is 14.2. The Bertz CT molecular complexity index is 558. The zero-order valence-corrected chi connectivity index (χ0v) is 12.9. The van der Waals surface area contributed by atoms with Crippen LogP contribution in [0.2, 0.25) is 0 Å². The van der Waals surface area contributed by atoms with Crippen LogP contribution >= 0.6 is 27.5 Å². The molecule has 0 fully saturated rings. The Balaban J connectivity index is 2.10. The summed E-state index contributed by atoms with van der Waals surface area (Å²) in [6.45, 7) is 0.461. The van der Waals surface area contributed by atoms with E-state index in [1.165, 1.54) is 0 Å². The second-order valence-electron chi connectivity index (χ2n) is 4.00. The van der Waals surface area contributed by atoms with Crippen LogP contribution in [0.15, 0.2) is 46.9 Å². The van der Waals surface area contributed by atoms with Crippen LogP contribution in [0.4, 0.5) is 0 Å². The number of rotatable bonds is 5. The quantitative estimate of drug-likeness (QED) is 0.729. The van der Waals surface area contributed by atoms with Gasteiger partial charge in [-0.1, -0.05) is 24.3 Å². The minimum atomic E-state index is 0.461. The van der Waals surface area contributed by atoms with Crippen LogP contribution in [0.5, 0.6) is 11.5 Å². The number of para-hydroxylation sites is 1. The first-order valence-corrected chi connectivity index (χ1v) is 7.16. The van der Waals surface area contributed by atoms with Gasteiger partial charge in [-0.2, -0.15) is 0 Å². The maximum Gasteiger partial charge on any atom is 0.134 e. The molecule has 2 rings (SSSR count). The SMILES string of the molecule is COc1ccccc1COc1ccc(CCl)cc1Br. The van der Waals surface area contributed by atoms with Gasteiger partial charge in [0.1, 0.15) is 18.1 Å². The molecule has 4 heteroatoms. The van der Waals surface area contributed by atoms with Gasteiger partial charge in [-0.05, 0) is 39.7 Å². The predicted molar refractivity (Wildman–Crippen MR) is 81.0 cm³/mol. The molecule has 0 atom stereocenters. The van der Waals surface area contributed by atoms with Crippen molar-refractivity contribution >= 4 is 27.5 Å². The number of hydrogen-bond acceptors (Lipinski definition) is 2. The molecule has 0 aromatic heterocycles. The van der Waals surface area contributed by atoms with Crippen LogP contribution in [-0.2, 0) is 12.5 Å². The lowest BCUT2D eigenvalue weighted by atomic mass is 10.2. The fourth-order valence-corrected chi connectivity index (χ4v) is 2.43. The van der Waals surface area contributed by atoms with E-state index in [2.05, 4.69) is 15.9 Å². The van der Waals surface area contributed by atoms with Gasteiger partial charge in [0, 0.05) is 11.4 Å². The molecule has 100 valence electrons. The summed E-state index contributed by atoms with van der Waals surface area (Å²) in [4.78, 5) is 0. The van der Waals surface area contributed by atoms with Crippen molar-refractivity contribution in [2.45, 2.75) is 12.5 Å². The normalized spacial score (nSPS) is 10.3. The topological polar surface area (TPSA) is 18.5 Å². The molecule has 0 aliphatic rings. The number of alkyl halides is 1. The van der Waals surface area contributed by atoms with Crippen molar-refractivity contribution < 1.29 is 9.47 Å². The molecule has 2 aromatic rings. The van der Waals surface area contributed by atoms with Crippen molar-refractivity contribution in [1.29, 1.82) is 0 Å². The summed E-state index contributed by atoms with van der Waals surface area (Å²) in [6, 6.07) is 13.6. The standard InChI is InChI=1S/C15H14BrClO2/c1-18-14-5-3-2-4-12(14)10-19-15-7-6-11(9-17)8-13(15)16/h2-8H,9-10H2,1H3. The van der Waals surface area contributed by atoms with Crippen molar-refractivity contribution in [3.63, 3.8) is 0 Å². The number of halogens is 2. The van der Waals surface area contributed by atoms with Crippen molar-refractivity contribution in [2.75, 3.05) is 7.11 Å². The molecule has 0 aliphatic carbocycles. The summed E-state index contributed by atoms with van der Waals surface area (Å²) in [5, 5.41) is 0. The lowest BCUT2D eigenvalue weighted by Crippen LogP contribution is -1.99. The van der Waals surface area contributed by atoms with Crippen LogP contribution in [-0.4, -0.2) is 7.11 Å². The van der Waals surface area contributed by atoms with Gasteiger partial charge in [-0.25, -0.2) is 0 Å². The molecular formula is C15H14BrClO2. The molecule has 0 amide bonds. The first-order chi connectivity index (χ1) is 9.24. The molecule has 0 aliphatic heterocycles. The molecule has 0 saturated heterocycles. The summed E-state index contributed by atoms with van der Waals surface area (Å²) < 4.78 is 12.0. The fourth-order valence-electron chi connectivity index (χ4n) is 1.72. The van der Waals surface area contributed by atoms with Gasteiger partial charge in [-0.3, -0.25) is 0 Å². The van der Waals surface area contributed by atoms with E-state index in [9.17, 15) is 0 Å². The summed E-state index contributed by atoms with van der Waals surface area (Å²) >= 11 is 9.27. The Morgan fingerprint density at radius 3 is 2.58 bits per heavy atom. The highest BCUT2D eigenvalue weighted by atomic mass is 79.9. The Morgan fingerprint density at radius 2 is 1.89 bits per heavy atom. The third-order valence-corrected chi connectivity index (χ3v) is 3.65. The Kier molecular flexibility index (Phi) is 5.11. The van der Waals surface area contributed by atoms with E-state index in [1.54, 1.807) is 7.11 Å². The fraction of sp³-hybridized carbons (Fsp3) is 0.200. The lowest BCUT2D eigenvalue weighted by molar-refractivity contribution is 0.295. The van der Waals surface area contributed by atoms with Crippen LogP contribution in [0.25, 0.3) is 0 Å². The number of benzene rings is 2. The third kappa shape index (κ3) is 3.64. The Labute approximate surface area is 126 Å². The molecule has 0 bridgehead atoms. The smallest absolute Gasteiger partial charge is 0.134 e. The third-order valence-electron chi connectivity index (χ3n) is 2.73. The second-order valence-corrected chi connectivity index (χ2v) is 5.12. The molecule has 0 N–H and O–H groups in total. The average molecular weight is 342 g/mol. The van der Waals surface area contributed by atoms with E-state index in [-0.39, 0.29) is 0 Å². The highest BCUT2D eigenvalue weighted by Gasteiger charge is 2.06. The van der Waals surface area contributed by atoms with E-state index in [0.717, 1.165) is 27.1 Å². The van der Waals surface area contributed by atoms with Crippen molar-refractivity contribution in [3.05, 3.63) is 58.1 Å². The van der Waals surface area contributed by atoms with Crippen molar-refractivity contribution in [1.82, 2.24) is 0 Å². The van der Waals surface area contributed by atoms with Crippen LogP contribution < -0.4 is 9.47 Å². The zero-order chi connectivity index (χ0) is 13.7. The molecule has 0 radical (unpaired) electrons. The molecular weight excluding hydrogens is 328 g/mol. The van der Waals surface area contributed by atoms with E-state index in [1.807, 2.05) is 42.5 Å². The molecule has 2 nitrogen and oxygen atoms in total. The first-order valence-electron chi connectivity index (χ1n) is 5.83. The molecule has 2 aromatic carbocycles. The molecule has 0 saturated carbocycles. The highest BCUT2D eigenvalue weighted by molar-refractivity contribution is 9.10. The van der Waals surface area contributed by atoms with Crippen LogP contribution in [0.3, 0.4) is 0 Å². The maximum atomic E-state index is 5.79. The van der Waals surface area contributed by atoms with Gasteiger partial charge in [0.2, 0.25) is 0 Å². The van der Waals surface area contributed by atoms with Crippen molar-refractivity contribution in [2.24, 2.45) is 0 Å². The molecule has 19 heavy (non-hydrogen) atoms. The summed E-state index contributed by atoms with van der Waals surface area (Å²) in [6.07, 6.45) is 0. The summed E-state index contributed by atoms with van der Waals surface area (Å²) in [5.74, 6) is 2.11. The highest BCUT2D eigenvalue weighted by Crippen LogP contribution is 2.28. The average Bonchev–Trinajstić information content (AvgIpc) is 2.46. The van der Waals surface area contributed by atoms with Gasteiger partial charge in [0.05, 0.1) is 11.6 Å². The molecule has 0 unspecified atom stereocenters. The largest absolute Gasteiger partial charge is 0.496 e. The van der Waals surface area contributed by atoms with Crippen molar-refractivity contribution in [3.8, 4) is 11.5 Å². The molecule has 0 spiro atoms. The zero-order valence-electron chi connectivity index (χ0n) is 10.5. The van der Waals surface area contributed by atoms with Gasteiger partial charge < -0.3 is 9.47 Å². The van der Waals surface area contributed by atoms with E-state index < -0.39 is 0 Å². The Hall–Kier alpha value is -1.19. The number of ether oxygens (including phenoxy) is 2. The summed E-state index contributed by atoms with van der Waals surface area (Å²) in [7, 11) is 1.66. The van der Waals surface area contributed by atoms with Gasteiger partial charge in [-0.15, -0.1) is 11.6 Å². The minimum absolute atomic E-state index is 0.461.